The Kier molecular flexibility index (Phi) is 6.47. The summed E-state index contributed by atoms with van der Waals surface area (Å²) in [6, 6.07) is -0.183. The summed E-state index contributed by atoms with van der Waals surface area (Å²) in [6.07, 6.45) is 1.08. The number of amides is 1. The Hall–Kier alpha value is -0.650. The molecule has 0 aliphatic carbocycles. The van der Waals surface area contributed by atoms with Crippen LogP contribution < -0.4 is 11.1 Å². The number of carbonyl (C=O) groups excluding carboxylic acids is 1. The maximum Gasteiger partial charge on any atom is 0.236 e. The first-order valence-electron chi connectivity index (χ1n) is 6.43. The minimum Gasteiger partial charge on any atom is -0.380 e. The van der Waals surface area contributed by atoms with Crippen molar-refractivity contribution in [1.82, 2.24) is 10.2 Å². The highest BCUT2D eigenvalue weighted by atomic mass is 16.5. The van der Waals surface area contributed by atoms with Gasteiger partial charge in [0.2, 0.25) is 5.91 Å². The van der Waals surface area contributed by atoms with Gasteiger partial charge in [-0.2, -0.15) is 0 Å². The number of primary amides is 1. The van der Waals surface area contributed by atoms with Gasteiger partial charge < -0.3 is 15.8 Å². The van der Waals surface area contributed by atoms with E-state index in [1.807, 2.05) is 0 Å². The predicted molar refractivity (Wildman–Crippen MR) is 67.7 cm³/mol. The van der Waals surface area contributed by atoms with E-state index in [0.717, 1.165) is 32.7 Å². The molecule has 100 valence electrons. The van der Waals surface area contributed by atoms with Gasteiger partial charge >= 0.3 is 0 Å². The van der Waals surface area contributed by atoms with Gasteiger partial charge in [0, 0.05) is 32.8 Å². The van der Waals surface area contributed by atoms with E-state index in [9.17, 15) is 4.79 Å². The number of hydrogen-bond acceptors (Lipinski definition) is 4. The van der Waals surface area contributed by atoms with Crippen LogP contribution in [0.2, 0.25) is 0 Å². The monoisotopic (exact) mass is 243 g/mol. The van der Waals surface area contributed by atoms with Crippen molar-refractivity contribution < 1.29 is 9.53 Å². The van der Waals surface area contributed by atoms with Crippen LogP contribution in [0.15, 0.2) is 0 Å². The lowest BCUT2D eigenvalue weighted by atomic mass is 10.1. The number of hydrogen-bond donors (Lipinski definition) is 2. The molecule has 1 heterocycles. The van der Waals surface area contributed by atoms with E-state index in [0.29, 0.717) is 19.1 Å². The molecule has 0 spiro atoms. The standard InChI is InChI=1S/C12H25N3O2/c1-10(2)3-7-17-8-6-15-5-4-14-9-11(15)12(13)16/h10-11,14H,3-9H2,1-2H3,(H2,13,16). The molecular formula is C12H25N3O2. The summed E-state index contributed by atoms with van der Waals surface area (Å²) in [7, 11) is 0. The fraction of sp³-hybridized carbons (Fsp3) is 0.917. The minimum atomic E-state index is -0.251. The van der Waals surface area contributed by atoms with Gasteiger partial charge in [-0.15, -0.1) is 0 Å². The maximum atomic E-state index is 11.2. The van der Waals surface area contributed by atoms with Crippen molar-refractivity contribution in [2.24, 2.45) is 11.7 Å². The van der Waals surface area contributed by atoms with Gasteiger partial charge in [-0.25, -0.2) is 0 Å². The maximum absolute atomic E-state index is 11.2. The average molecular weight is 243 g/mol. The van der Waals surface area contributed by atoms with Gasteiger partial charge in [-0.1, -0.05) is 13.8 Å². The normalized spacial score (nSPS) is 21.9. The second kappa shape index (κ2) is 7.63. The van der Waals surface area contributed by atoms with Crippen molar-refractivity contribution in [2.45, 2.75) is 26.3 Å². The molecule has 1 aliphatic heterocycles. The third-order valence-electron chi connectivity index (χ3n) is 3.05. The Bertz CT molecular complexity index is 234. The molecule has 0 bridgehead atoms. The van der Waals surface area contributed by atoms with Gasteiger partial charge in [0.15, 0.2) is 0 Å². The fourth-order valence-electron chi connectivity index (χ4n) is 1.90. The van der Waals surface area contributed by atoms with Gasteiger partial charge in [-0.05, 0) is 12.3 Å². The number of carbonyl (C=O) groups is 1. The van der Waals surface area contributed by atoms with Gasteiger partial charge in [0.25, 0.3) is 0 Å². The fourth-order valence-corrected chi connectivity index (χ4v) is 1.90. The van der Waals surface area contributed by atoms with Crippen LogP contribution in [0.4, 0.5) is 0 Å². The molecule has 1 unspecified atom stereocenters. The molecule has 0 aromatic carbocycles. The zero-order valence-corrected chi connectivity index (χ0v) is 10.9. The molecule has 0 aromatic heterocycles. The first-order valence-corrected chi connectivity index (χ1v) is 6.43. The number of nitrogens with one attached hydrogen (secondary N) is 1. The van der Waals surface area contributed by atoms with Crippen LogP contribution in [0.1, 0.15) is 20.3 Å². The largest absolute Gasteiger partial charge is 0.380 e. The quantitative estimate of drug-likeness (QED) is 0.608. The molecule has 1 saturated heterocycles. The molecule has 5 nitrogen and oxygen atoms in total. The van der Waals surface area contributed by atoms with Crippen LogP contribution in [0.5, 0.6) is 0 Å². The average Bonchev–Trinajstić information content (AvgIpc) is 2.28. The molecule has 1 amide bonds. The van der Waals surface area contributed by atoms with Crippen LogP contribution in [0.3, 0.4) is 0 Å². The van der Waals surface area contributed by atoms with Crippen LogP contribution in [0.25, 0.3) is 0 Å². The molecule has 1 atom stereocenters. The Labute approximate surface area is 104 Å². The van der Waals surface area contributed by atoms with E-state index in [1.54, 1.807) is 0 Å². The zero-order chi connectivity index (χ0) is 12.7. The summed E-state index contributed by atoms with van der Waals surface area (Å²) < 4.78 is 5.56. The second-order valence-electron chi connectivity index (χ2n) is 4.95. The topological polar surface area (TPSA) is 67.6 Å². The van der Waals surface area contributed by atoms with Gasteiger partial charge in [0.05, 0.1) is 6.61 Å². The lowest BCUT2D eigenvalue weighted by molar-refractivity contribution is -0.124. The van der Waals surface area contributed by atoms with Gasteiger partial charge in [-0.3, -0.25) is 9.69 Å². The highest BCUT2D eigenvalue weighted by molar-refractivity contribution is 5.80. The predicted octanol–water partition coefficient (Wildman–Crippen LogP) is -0.192. The summed E-state index contributed by atoms with van der Waals surface area (Å²) in [5.41, 5.74) is 5.37. The van der Waals surface area contributed by atoms with E-state index >= 15 is 0 Å². The molecule has 0 aromatic rings. The van der Waals surface area contributed by atoms with Crippen LogP contribution in [-0.4, -0.2) is 56.2 Å². The first kappa shape index (κ1) is 14.4. The van der Waals surface area contributed by atoms with E-state index in [2.05, 4.69) is 24.1 Å². The number of nitrogens with two attached hydrogens (primary N) is 1. The summed E-state index contributed by atoms with van der Waals surface area (Å²) in [6.45, 7) is 9.05. The van der Waals surface area contributed by atoms with E-state index in [-0.39, 0.29) is 11.9 Å². The SMILES string of the molecule is CC(C)CCOCCN1CCNCC1C(N)=O. The van der Waals surface area contributed by atoms with Crippen LogP contribution in [0, 0.1) is 5.92 Å². The van der Waals surface area contributed by atoms with Crippen molar-refractivity contribution >= 4 is 5.91 Å². The third-order valence-corrected chi connectivity index (χ3v) is 3.05. The Morgan fingerprint density at radius 1 is 1.53 bits per heavy atom. The van der Waals surface area contributed by atoms with Gasteiger partial charge in [0.1, 0.15) is 6.04 Å². The van der Waals surface area contributed by atoms with E-state index in [4.69, 9.17) is 10.5 Å². The Morgan fingerprint density at radius 3 is 2.94 bits per heavy atom. The minimum absolute atomic E-state index is 0.183. The molecule has 1 fully saturated rings. The molecule has 1 aliphatic rings. The van der Waals surface area contributed by atoms with Crippen LogP contribution >= 0.6 is 0 Å². The summed E-state index contributed by atoms with van der Waals surface area (Å²) in [5, 5.41) is 3.18. The summed E-state index contributed by atoms with van der Waals surface area (Å²) >= 11 is 0. The second-order valence-corrected chi connectivity index (χ2v) is 4.95. The molecule has 3 N–H and O–H groups in total. The highest BCUT2D eigenvalue weighted by Gasteiger charge is 2.25. The van der Waals surface area contributed by atoms with Crippen molar-refractivity contribution in [1.29, 1.82) is 0 Å². The van der Waals surface area contributed by atoms with Crippen molar-refractivity contribution in [3.8, 4) is 0 Å². The smallest absolute Gasteiger partial charge is 0.236 e. The molecule has 5 heteroatoms. The van der Waals surface area contributed by atoms with Crippen molar-refractivity contribution in [3.05, 3.63) is 0 Å². The lowest BCUT2D eigenvalue weighted by Gasteiger charge is -2.33. The summed E-state index contributed by atoms with van der Waals surface area (Å²) in [4.78, 5) is 13.3. The van der Waals surface area contributed by atoms with E-state index in [1.165, 1.54) is 0 Å². The molecule has 0 saturated carbocycles. The number of ether oxygens (including phenoxy) is 1. The lowest BCUT2D eigenvalue weighted by Crippen LogP contribution is -2.57. The number of piperazine rings is 1. The summed E-state index contributed by atoms with van der Waals surface area (Å²) in [5.74, 6) is 0.423. The van der Waals surface area contributed by atoms with Crippen LogP contribution in [-0.2, 0) is 9.53 Å². The molecular weight excluding hydrogens is 218 g/mol. The third kappa shape index (κ3) is 5.48. The molecule has 0 radical (unpaired) electrons. The first-order chi connectivity index (χ1) is 8.11. The number of rotatable bonds is 7. The number of nitrogens with zero attached hydrogens (tertiary/aromatic N) is 1. The van der Waals surface area contributed by atoms with E-state index < -0.39 is 0 Å². The Morgan fingerprint density at radius 2 is 2.29 bits per heavy atom. The molecule has 17 heavy (non-hydrogen) atoms. The molecule has 1 rings (SSSR count). The zero-order valence-electron chi connectivity index (χ0n) is 10.9. The van der Waals surface area contributed by atoms with Crippen molar-refractivity contribution in [2.75, 3.05) is 39.4 Å². The highest BCUT2D eigenvalue weighted by Crippen LogP contribution is 2.03. The Balaban J connectivity index is 2.17. The van der Waals surface area contributed by atoms with Crippen molar-refractivity contribution in [3.63, 3.8) is 0 Å².